The number of anilines is 1. The molecule has 0 bridgehead atoms. The van der Waals surface area contributed by atoms with Crippen LogP contribution in [0.1, 0.15) is 64.7 Å². The largest absolute Gasteiger partial charge is 0.497 e. The van der Waals surface area contributed by atoms with Crippen molar-refractivity contribution in [2.24, 2.45) is 5.92 Å². The molecule has 0 radical (unpaired) electrons. The lowest BCUT2D eigenvalue weighted by Gasteiger charge is -2.39. The first kappa shape index (κ1) is 57.2. The first-order chi connectivity index (χ1) is 34.8. The molecule has 1 aromatic heterocycles. The van der Waals surface area contributed by atoms with Gasteiger partial charge in [0.2, 0.25) is 25.9 Å². The van der Waals surface area contributed by atoms with E-state index in [1.807, 2.05) is 46.0 Å². The SMILES string of the molecule is COC(=O)C1CCN(c2ccc(S(=O)(=O)NCC(CNC(=O)OC(C)(C)C)O[Si](C)(C)C(C)(C)C)c(S(=O)(=O)N(Cc3ccc(OC)cc3)Cc3ccc(OC)cc3)c2-c2nnn(Cc3ccc(OC)cc3)n2)C1. The number of hydrogen-bond donors (Lipinski definition) is 2. The van der Waals surface area contributed by atoms with Gasteiger partial charge >= 0.3 is 12.1 Å². The highest BCUT2D eigenvalue weighted by atomic mass is 32.2. The van der Waals surface area contributed by atoms with Crippen molar-refractivity contribution in [3.05, 3.63) is 102 Å². The number of rotatable bonds is 22. The second kappa shape index (κ2) is 23.6. The van der Waals surface area contributed by atoms with E-state index < -0.39 is 67.8 Å². The monoisotopic (exact) mass is 1080 g/mol. The van der Waals surface area contributed by atoms with Crippen LogP contribution in [-0.4, -0.2) is 128 Å². The Morgan fingerprint density at radius 2 is 1.31 bits per heavy atom. The summed E-state index contributed by atoms with van der Waals surface area (Å²) in [4.78, 5) is 27.8. The van der Waals surface area contributed by atoms with E-state index in [2.05, 4.69) is 20.4 Å². The second-order valence-electron chi connectivity index (χ2n) is 20.4. The van der Waals surface area contributed by atoms with Gasteiger partial charge in [0.1, 0.15) is 32.6 Å². The zero-order chi connectivity index (χ0) is 54.2. The number of ether oxygens (including phenoxy) is 5. The van der Waals surface area contributed by atoms with Crippen molar-refractivity contribution < 1.29 is 54.5 Å². The Balaban J connectivity index is 1.57. The predicted molar refractivity (Wildman–Crippen MR) is 282 cm³/mol. The molecule has 2 N–H and O–H groups in total. The number of carbonyl (C=O) groups excluding carboxylic acids is 2. The van der Waals surface area contributed by atoms with E-state index in [9.17, 15) is 9.59 Å². The number of nitrogens with zero attached hydrogens (tertiary/aromatic N) is 6. The molecule has 2 atom stereocenters. The maximum atomic E-state index is 16.2. The molecule has 5 aromatic rings. The predicted octanol–water partition coefficient (Wildman–Crippen LogP) is 7.00. The number of alkyl carbamates (subject to hydrolysis) is 1. The van der Waals surface area contributed by atoms with Crippen molar-refractivity contribution in [1.82, 2.24) is 34.6 Å². The Labute approximate surface area is 436 Å². The summed E-state index contributed by atoms with van der Waals surface area (Å²) in [5.74, 6) is 0.503. The number of amides is 1. The number of methoxy groups -OCH3 is 4. The highest BCUT2D eigenvalue weighted by Gasteiger charge is 2.42. The molecule has 402 valence electrons. The van der Waals surface area contributed by atoms with Crippen molar-refractivity contribution in [1.29, 1.82) is 0 Å². The first-order valence-electron chi connectivity index (χ1n) is 24.1. The molecule has 2 unspecified atom stereocenters. The van der Waals surface area contributed by atoms with Crippen molar-refractivity contribution in [2.45, 2.75) is 107 Å². The Kier molecular flexibility index (Phi) is 18.2. The van der Waals surface area contributed by atoms with Crippen LogP contribution in [0.5, 0.6) is 17.2 Å². The van der Waals surface area contributed by atoms with E-state index in [0.717, 1.165) is 5.56 Å². The van der Waals surface area contributed by atoms with Gasteiger partial charge in [0.05, 0.1) is 52.6 Å². The zero-order valence-corrected chi connectivity index (χ0v) is 46.9. The molecular formula is C51H70N8O12S2Si. The van der Waals surface area contributed by atoms with E-state index >= 15 is 16.8 Å². The minimum atomic E-state index is -4.99. The Morgan fingerprint density at radius 1 is 0.770 bits per heavy atom. The molecule has 6 rings (SSSR count). The third-order valence-corrected chi connectivity index (χ3v) is 20.9. The normalized spacial score (nSPS) is 14.9. The molecule has 20 nitrogen and oxygen atoms in total. The van der Waals surface area contributed by atoms with Gasteiger partial charge in [-0.05, 0) is 116 Å². The van der Waals surface area contributed by atoms with Crippen molar-refractivity contribution >= 4 is 46.1 Å². The minimum absolute atomic E-state index is 0.107. The highest BCUT2D eigenvalue weighted by molar-refractivity contribution is 7.92. The molecular weight excluding hydrogens is 1010 g/mol. The summed E-state index contributed by atoms with van der Waals surface area (Å²) in [5.41, 5.74) is 1.17. The van der Waals surface area contributed by atoms with E-state index in [4.69, 9.17) is 33.2 Å². The number of aromatic nitrogens is 4. The average molecular weight is 1080 g/mol. The fraction of sp³-hybridized carbons (Fsp3) is 0.471. The van der Waals surface area contributed by atoms with Gasteiger partial charge in [-0.3, -0.25) is 4.79 Å². The molecule has 74 heavy (non-hydrogen) atoms. The van der Waals surface area contributed by atoms with Crippen LogP contribution in [0.15, 0.2) is 94.7 Å². The third-order valence-electron chi connectivity index (χ3n) is 12.9. The summed E-state index contributed by atoms with van der Waals surface area (Å²) < 4.78 is 100. The van der Waals surface area contributed by atoms with Crippen molar-refractivity contribution in [3.8, 4) is 28.6 Å². The van der Waals surface area contributed by atoms with Gasteiger partial charge < -0.3 is 38.3 Å². The Bertz CT molecular complexity index is 2890. The number of benzene rings is 4. The maximum Gasteiger partial charge on any atom is 0.407 e. The molecule has 1 saturated heterocycles. The standard InChI is InChI=1S/C51H70N8O12S2Si/c1-50(2,3)70-49(61)52-29-42(71-74(11,12)51(4,5)6)30-53-72(62,63)44-26-25-43(57-28-27-38(34-57)48(60)69-10)45(47-54-56-59(55-47)33-37-17-23-41(68-9)24-18-37)46(44)73(64,65)58(31-35-13-19-39(66-7)20-14-35)32-36-15-21-40(67-8)22-16-36/h13-26,38,42,53H,27-34H2,1-12H3,(H,52,61). The maximum absolute atomic E-state index is 16.2. The third kappa shape index (κ3) is 14.4. The Hall–Kier alpha value is -6.11. The van der Waals surface area contributed by atoms with Crippen LogP contribution in [0, 0.1) is 5.92 Å². The summed E-state index contributed by atoms with van der Waals surface area (Å²) >= 11 is 0. The van der Waals surface area contributed by atoms with Crippen molar-refractivity contribution in [3.63, 3.8) is 0 Å². The Morgan fingerprint density at radius 3 is 1.81 bits per heavy atom. The lowest BCUT2D eigenvalue weighted by molar-refractivity contribution is -0.144. The summed E-state index contributed by atoms with van der Waals surface area (Å²) in [5, 5.41) is 15.9. The number of sulfonamides is 2. The summed E-state index contributed by atoms with van der Waals surface area (Å²) in [7, 11) is -6.59. The van der Waals surface area contributed by atoms with E-state index in [0.29, 0.717) is 34.8 Å². The van der Waals surface area contributed by atoms with Gasteiger partial charge in [0.15, 0.2) is 8.32 Å². The topological polar surface area (TPSA) is 232 Å². The molecule has 1 amide bonds. The highest BCUT2D eigenvalue weighted by Crippen LogP contribution is 2.43. The van der Waals surface area contributed by atoms with Crippen LogP contribution < -0.4 is 29.1 Å². The fourth-order valence-electron chi connectivity index (χ4n) is 7.91. The lowest BCUT2D eigenvalue weighted by Crippen LogP contribution is -2.51. The zero-order valence-electron chi connectivity index (χ0n) is 44.3. The van der Waals surface area contributed by atoms with E-state index in [1.165, 1.54) is 42.6 Å². The minimum Gasteiger partial charge on any atom is -0.497 e. The molecule has 0 spiro atoms. The van der Waals surface area contributed by atoms with Crippen LogP contribution in [0.4, 0.5) is 10.5 Å². The number of hydrogen-bond acceptors (Lipinski definition) is 16. The molecule has 4 aromatic carbocycles. The molecule has 23 heteroatoms. The number of carbonyl (C=O) groups is 2. The number of nitrogens with one attached hydrogen (secondary N) is 2. The summed E-state index contributed by atoms with van der Waals surface area (Å²) in [6.07, 6.45) is -1.30. The van der Waals surface area contributed by atoms with Gasteiger partial charge in [0.25, 0.3) is 0 Å². The van der Waals surface area contributed by atoms with Crippen LogP contribution >= 0.6 is 0 Å². The number of tetrazole rings is 1. The van der Waals surface area contributed by atoms with Crippen LogP contribution in [0.2, 0.25) is 18.1 Å². The number of esters is 1. The second-order valence-corrected chi connectivity index (χ2v) is 28.8. The summed E-state index contributed by atoms with van der Waals surface area (Å²) in [6.45, 7) is 14.8. The smallest absolute Gasteiger partial charge is 0.407 e. The van der Waals surface area contributed by atoms with Crippen LogP contribution in [0.3, 0.4) is 0 Å². The molecule has 1 fully saturated rings. The molecule has 0 aliphatic carbocycles. The molecule has 1 aliphatic rings. The summed E-state index contributed by atoms with van der Waals surface area (Å²) in [6, 6.07) is 23.6. The molecule has 2 heterocycles. The van der Waals surface area contributed by atoms with Gasteiger partial charge in [-0.15, -0.1) is 10.2 Å². The first-order valence-corrected chi connectivity index (χ1v) is 29.9. The quantitative estimate of drug-likeness (QED) is 0.0525. The van der Waals surface area contributed by atoms with Gasteiger partial charge in [-0.25, -0.2) is 26.4 Å². The van der Waals surface area contributed by atoms with Gasteiger partial charge in [0, 0.05) is 45.0 Å². The molecule has 1 aliphatic heterocycles. The van der Waals surface area contributed by atoms with E-state index in [-0.39, 0.29) is 67.9 Å². The molecule has 0 saturated carbocycles. The van der Waals surface area contributed by atoms with Crippen LogP contribution in [-0.2, 0) is 58.4 Å². The van der Waals surface area contributed by atoms with Crippen molar-refractivity contribution in [2.75, 3.05) is 59.5 Å². The fourth-order valence-corrected chi connectivity index (χ4v) is 12.7. The lowest BCUT2D eigenvalue weighted by atomic mass is 10.1. The van der Waals surface area contributed by atoms with E-state index in [1.54, 1.807) is 93.4 Å². The van der Waals surface area contributed by atoms with Gasteiger partial charge in [-0.2, -0.15) is 9.10 Å². The average Bonchev–Trinajstić information content (AvgIpc) is 4.04. The van der Waals surface area contributed by atoms with Gasteiger partial charge in [-0.1, -0.05) is 57.2 Å². The van der Waals surface area contributed by atoms with Crippen LogP contribution in [0.25, 0.3) is 11.4 Å².